The quantitative estimate of drug-likeness (QED) is 0.791. The summed E-state index contributed by atoms with van der Waals surface area (Å²) in [5.74, 6) is -0.977. The van der Waals surface area contributed by atoms with E-state index >= 15 is 0 Å². The maximum Gasteiger partial charge on any atom is 0.311 e. The van der Waals surface area contributed by atoms with Gasteiger partial charge in [-0.25, -0.2) is 0 Å². The van der Waals surface area contributed by atoms with E-state index in [1.54, 1.807) is 4.90 Å². The molecule has 5 nitrogen and oxygen atoms in total. The van der Waals surface area contributed by atoms with Crippen LogP contribution in [0.25, 0.3) is 0 Å². The van der Waals surface area contributed by atoms with E-state index in [9.17, 15) is 9.59 Å². The number of benzene rings is 1. The Morgan fingerprint density at radius 2 is 1.95 bits per heavy atom. The molecule has 1 saturated heterocycles. The van der Waals surface area contributed by atoms with Crippen molar-refractivity contribution in [2.75, 3.05) is 26.2 Å². The lowest BCUT2D eigenvalue weighted by Gasteiger charge is -2.21. The summed E-state index contributed by atoms with van der Waals surface area (Å²) in [5.41, 5.74) is 0.969. The highest BCUT2D eigenvalue weighted by molar-refractivity contribution is 9.10. The average molecular weight is 354 g/mol. The predicted molar refractivity (Wildman–Crippen MR) is 84.8 cm³/mol. The zero-order valence-corrected chi connectivity index (χ0v) is 13.6. The van der Waals surface area contributed by atoms with Crippen molar-refractivity contribution in [3.05, 3.63) is 34.3 Å². The number of halogens is 1. The first-order valence-electron chi connectivity index (χ1n) is 7.14. The van der Waals surface area contributed by atoms with Crippen molar-refractivity contribution in [3.8, 4) is 0 Å². The van der Waals surface area contributed by atoms with Crippen LogP contribution >= 0.6 is 15.9 Å². The van der Waals surface area contributed by atoms with Gasteiger partial charge in [0.05, 0.1) is 6.04 Å². The highest BCUT2D eigenvalue weighted by Gasteiger charge is 2.23. The molecule has 1 fully saturated rings. The molecule has 0 spiro atoms. The van der Waals surface area contributed by atoms with Gasteiger partial charge in [0.2, 0.25) is 0 Å². The van der Waals surface area contributed by atoms with E-state index in [2.05, 4.69) is 26.6 Å². The van der Waals surface area contributed by atoms with Crippen LogP contribution in [-0.2, 0) is 9.59 Å². The van der Waals surface area contributed by atoms with Crippen molar-refractivity contribution in [1.82, 2.24) is 15.5 Å². The largest absolute Gasteiger partial charge is 0.341 e. The van der Waals surface area contributed by atoms with Crippen LogP contribution in [0.15, 0.2) is 28.7 Å². The molecule has 1 unspecified atom stereocenters. The number of nitrogens with one attached hydrogen (secondary N) is 2. The van der Waals surface area contributed by atoms with E-state index in [1.165, 1.54) is 0 Å². The Kier molecular flexibility index (Phi) is 5.76. The van der Waals surface area contributed by atoms with Crippen LogP contribution in [0.4, 0.5) is 0 Å². The van der Waals surface area contributed by atoms with Gasteiger partial charge in [0, 0.05) is 24.1 Å². The monoisotopic (exact) mass is 353 g/mol. The van der Waals surface area contributed by atoms with Gasteiger partial charge in [-0.2, -0.15) is 0 Å². The fraction of sp³-hybridized carbons (Fsp3) is 0.467. The molecule has 2 rings (SSSR count). The molecule has 21 heavy (non-hydrogen) atoms. The molecule has 0 saturated carbocycles. The SMILES string of the molecule is CC(NC(=O)C(=O)N1CCCNCC1)c1ccc(Br)cc1. The summed E-state index contributed by atoms with van der Waals surface area (Å²) in [7, 11) is 0. The third-order valence-corrected chi connectivity index (χ3v) is 4.07. The summed E-state index contributed by atoms with van der Waals surface area (Å²) in [4.78, 5) is 25.8. The lowest BCUT2D eigenvalue weighted by molar-refractivity contribution is -0.146. The molecule has 1 aliphatic rings. The number of hydrogen-bond acceptors (Lipinski definition) is 3. The molecule has 1 aromatic rings. The van der Waals surface area contributed by atoms with Crippen molar-refractivity contribution in [2.45, 2.75) is 19.4 Å². The summed E-state index contributed by atoms with van der Waals surface area (Å²) >= 11 is 3.37. The van der Waals surface area contributed by atoms with E-state index in [1.807, 2.05) is 31.2 Å². The van der Waals surface area contributed by atoms with Gasteiger partial charge in [-0.3, -0.25) is 9.59 Å². The molecular weight excluding hydrogens is 334 g/mol. The van der Waals surface area contributed by atoms with Gasteiger partial charge in [0.25, 0.3) is 0 Å². The normalized spacial score (nSPS) is 17.0. The molecule has 2 N–H and O–H groups in total. The van der Waals surface area contributed by atoms with Crippen LogP contribution in [0.1, 0.15) is 24.9 Å². The van der Waals surface area contributed by atoms with Gasteiger partial charge in [0.15, 0.2) is 0 Å². The second kappa shape index (κ2) is 7.56. The number of amides is 2. The van der Waals surface area contributed by atoms with Crippen LogP contribution in [0.2, 0.25) is 0 Å². The van der Waals surface area contributed by atoms with E-state index in [4.69, 9.17) is 0 Å². The third-order valence-electron chi connectivity index (χ3n) is 3.54. The van der Waals surface area contributed by atoms with Gasteiger partial charge >= 0.3 is 11.8 Å². The number of nitrogens with zero attached hydrogens (tertiary/aromatic N) is 1. The molecule has 1 aromatic carbocycles. The number of hydrogen-bond donors (Lipinski definition) is 2. The van der Waals surface area contributed by atoms with Crippen LogP contribution < -0.4 is 10.6 Å². The Balaban J connectivity index is 1.93. The molecule has 0 aromatic heterocycles. The first-order valence-corrected chi connectivity index (χ1v) is 7.93. The Bertz CT molecular complexity index is 496. The maximum atomic E-state index is 12.2. The fourth-order valence-corrected chi connectivity index (χ4v) is 2.55. The second-order valence-electron chi connectivity index (χ2n) is 5.14. The summed E-state index contributed by atoms with van der Waals surface area (Å²) in [6, 6.07) is 7.49. The van der Waals surface area contributed by atoms with Crippen LogP contribution in [0.5, 0.6) is 0 Å². The maximum absolute atomic E-state index is 12.2. The Morgan fingerprint density at radius 1 is 1.24 bits per heavy atom. The highest BCUT2D eigenvalue weighted by Crippen LogP contribution is 2.16. The Morgan fingerprint density at radius 3 is 2.67 bits per heavy atom. The topological polar surface area (TPSA) is 61.4 Å². The molecule has 0 aliphatic carbocycles. The van der Waals surface area contributed by atoms with Gasteiger partial charge < -0.3 is 15.5 Å². The van der Waals surface area contributed by atoms with E-state index < -0.39 is 11.8 Å². The van der Waals surface area contributed by atoms with Gasteiger partial charge in [-0.15, -0.1) is 0 Å². The predicted octanol–water partition coefficient (Wildman–Crippen LogP) is 1.45. The zero-order valence-electron chi connectivity index (χ0n) is 12.1. The minimum Gasteiger partial charge on any atom is -0.341 e. The van der Waals surface area contributed by atoms with Gasteiger partial charge in [0.1, 0.15) is 0 Å². The molecule has 6 heteroatoms. The first-order chi connectivity index (χ1) is 10.1. The lowest BCUT2D eigenvalue weighted by Crippen LogP contribution is -2.45. The minimum atomic E-state index is -0.535. The summed E-state index contributed by atoms with van der Waals surface area (Å²) < 4.78 is 0.984. The standard InChI is InChI=1S/C15H20BrN3O2/c1-11(12-3-5-13(16)6-4-12)18-14(20)15(21)19-9-2-7-17-8-10-19/h3-6,11,17H,2,7-10H2,1H3,(H,18,20). The lowest BCUT2D eigenvalue weighted by atomic mass is 10.1. The van der Waals surface area contributed by atoms with Crippen molar-refractivity contribution >= 4 is 27.7 Å². The molecular formula is C15H20BrN3O2. The summed E-state index contributed by atoms with van der Waals surface area (Å²) in [6.07, 6.45) is 0.876. The number of rotatable bonds is 2. The summed E-state index contributed by atoms with van der Waals surface area (Å²) in [5, 5.41) is 5.98. The van der Waals surface area contributed by atoms with E-state index in [0.717, 1.165) is 29.5 Å². The van der Waals surface area contributed by atoms with Crippen LogP contribution in [0.3, 0.4) is 0 Å². The zero-order chi connectivity index (χ0) is 15.2. The molecule has 0 radical (unpaired) electrons. The second-order valence-corrected chi connectivity index (χ2v) is 6.06. The molecule has 1 atom stereocenters. The van der Waals surface area contributed by atoms with Crippen molar-refractivity contribution in [1.29, 1.82) is 0 Å². The third kappa shape index (κ3) is 4.54. The van der Waals surface area contributed by atoms with Crippen molar-refractivity contribution in [2.24, 2.45) is 0 Å². The van der Waals surface area contributed by atoms with E-state index in [-0.39, 0.29) is 6.04 Å². The van der Waals surface area contributed by atoms with Crippen molar-refractivity contribution < 1.29 is 9.59 Å². The number of carbonyl (C=O) groups is 2. The Labute approximate surface area is 133 Å². The van der Waals surface area contributed by atoms with E-state index in [0.29, 0.717) is 13.1 Å². The van der Waals surface area contributed by atoms with Crippen molar-refractivity contribution in [3.63, 3.8) is 0 Å². The molecule has 1 heterocycles. The minimum absolute atomic E-state index is 0.195. The van der Waals surface area contributed by atoms with Gasteiger partial charge in [-0.05, 0) is 37.6 Å². The number of carbonyl (C=O) groups excluding carboxylic acids is 2. The summed E-state index contributed by atoms with van der Waals surface area (Å²) in [6.45, 7) is 4.71. The fourth-order valence-electron chi connectivity index (χ4n) is 2.29. The Hall–Kier alpha value is -1.40. The molecule has 0 bridgehead atoms. The van der Waals surface area contributed by atoms with Crippen LogP contribution in [-0.4, -0.2) is 42.9 Å². The smallest absolute Gasteiger partial charge is 0.311 e. The molecule has 114 valence electrons. The molecule has 2 amide bonds. The highest BCUT2D eigenvalue weighted by atomic mass is 79.9. The average Bonchev–Trinajstić information content (AvgIpc) is 2.76. The van der Waals surface area contributed by atoms with Gasteiger partial charge in [-0.1, -0.05) is 28.1 Å². The first kappa shape index (κ1) is 16.0. The van der Waals surface area contributed by atoms with Crippen LogP contribution in [0, 0.1) is 0 Å². The molecule has 1 aliphatic heterocycles.